The van der Waals surface area contributed by atoms with E-state index < -0.39 is 0 Å². The fourth-order valence-electron chi connectivity index (χ4n) is 1.36. The molecule has 0 fully saturated rings. The molecule has 0 amide bonds. The second kappa shape index (κ2) is 4.98. The van der Waals surface area contributed by atoms with Crippen LogP contribution in [0.4, 0.5) is 5.69 Å². The molecule has 3 heteroatoms. The maximum absolute atomic E-state index is 9.03. The molecule has 14 heavy (non-hydrogen) atoms. The van der Waals surface area contributed by atoms with Gasteiger partial charge in [-0.05, 0) is 24.6 Å². The lowest BCUT2D eigenvalue weighted by Crippen LogP contribution is -2.37. The molecule has 0 aliphatic rings. The molecule has 0 heterocycles. The molecule has 1 aromatic carbocycles. The van der Waals surface area contributed by atoms with Crippen molar-refractivity contribution >= 4 is 5.69 Å². The predicted molar refractivity (Wildman–Crippen MR) is 57.5 cm³/mol. The second-order valence-electron chi connectivity index (χ2n) is 3.47. The van der Waals surface area contributed by atoms with E-state index in [0.29, 0.717) is 0 Å². The summed E-state index contributed by atoms with van der Waals surface area (Å²) < 4.78 is 0. The highest BCUT2D eigenvalue weighted by molar-refractivity contribution is 5.48. The summed E-state index contributed by atoms with van der Waals surface area (Å²) >= 11 is 0. The lowest BCUT2D eigenvalue weighted by molar-refractivity contribution is 0.191. The van der Waals surface area contributed by atoms with E-state index in [9.17, 15) is 0 Å². The molecule has 78 valence electrons. The number of likely N-dealkylation sites (N-methyl/N-ethyl adjacent to an activating group) is 1. The number of rotatable bonds is 4. The summed E-state index contributed by atoms with van der Waals surface area (Å²) in [6.45, 7) is 1.94. The van der Waals surface area contributed by atoms with Crippen LogP contribution in [-0.4, -0.2) is 36.5 Å². The van der Waals surface area contributed by atoms with Gasteiger partial charge in [-0.15, -0.1) is 0 Å². The van der Waals surface area contributed by atoms with Crippen molar-refractivity contribution in [3.63, 3.8) is 0 Å². The molecule has 1 rings (SSSR count). The van der Waals surface area contributed by atoms with Gasteiger partial charge >= 0.3 is 0 Å². The Balaban J connectivity index is 2.82. The first-order valence-electron chi connectivity index (χ1n) is 4.70. The molecule has 0 saturated heterocycles. The van der Waals surface area contributed by atoms with Crippen LogP contribution in [0.1, 0.15) is 5.56 Å². The molecule has 0 spiro atoms. The fraction of sp³-hybridized carbons (Fsp3) is 0.455. The molecule has 0 radical (unpaired) electrons. The lowest BCUT2D eigenvalue weighted by atomic mass is 10.2. The van der Waals surface area contributed by atoms with Crippen molar-refractivity contribution in [2.75, 3.05) is 25.2 Å². The molecule has 0 atom stereocenters. The summed E-state index contributed by atoms with van der Waals surface area (Å²) in [7, 11) is 1.87. The van der Waals surface area contributed by atoms with E-state index in [1.807, 2.05) is 43.1 Å². The summed E-state index contributed by atoms with van der Waals surface area (Å²) in [4.78, 5) is 1.88. The van der Waals surface area contributed by atoms with Crippen molar-refractivity contribution in [3.05, 3.63) is 29.8 Å². The van der Waals surface area contributed by atoms with E-state index in [2.05, 4.69) is 0 Å². The van der Waals surface area contributed by atoms with Crippen LogP contribution in [0.3, 0.4) is 0 Å². The fourth-order valence-corrected chi connectivity index (χ4v) is 1.36. The lowest BCUT2D eigenvalue weighted by Gasteiger charge is -2.27. The van der Waals surface area contributed by atoms with Crippen LogP contribution in [0.25, 0.3) is 0 Å². The standard InChI is InChI=1S/C11H17NO2/c1-9-4-3-5-10(6-9)12(2)11(7-13)8-14/h3-6,11,13-14H,7-8H2,1-2H3. The minimum Gasteiger partial charge on any atom is -0.394 e. The van der Waals surface area contributed by atoms with Gasteiger partial charge in [0.15, 0.2) is 0 Å². The maximum atomic E-state index is 9.03. The Kier molecular flexibility index (Phi) is 3.92. The van der Waals surface area contributed by atoms with Gasteiger partial charge in [0.25, 0.3) is 0 Å². The molecule has 0 aliphatic carbocycles. The van der Waals surface area contributed by atoms with E-state index in [1.165, 1.54) is 5.56 Å². The molecular weight excluding hydrogens is 178 g/mol. The van der Waals surface area contributed by atoms with Gasteiger partial charge in [-0.3, -0.25) is 0 Å². The Hall–Kier alpha value is -1.06. The zero-order valence-electron chi connectivity index (χ0n) is 8.64. The highest BCUT2D eigenvalue weighted by Crippen LogP contribution is 2.16. The number of aliphatic hydroxyl groups is 2. The Morgan fingerprint density at radius 3 is 2.43 bits per heavy atom. The minimum atomic E-state index is -0.225. The number of hydrogen-bond acceptors (Lipinski definition) is 3. The van der Waals surface area contributed by atoms with Gasteiger partial charge in [0.1, 0.15) is 0 Å². The molecule has 0 aromatic heterocycles. The van der Waals surface area contributed by atoms with E-state index in [-0.39, 0.29) is 19.3 Å². The normalized spacial score (nSPS) is 10.6. The topological polar surface area (TPSA) is 43.7 Å². The third-order valence-electron chi connectivity index (χ3n) is 2.38. The Labute approximate surface area is 84.6 Å². The number of aryl methyl sites for hydroxylation is 1. The van der Waals surface area contributed by atoms with E-state index in [4.69, 9.17) is 10.2 Å². The number of nitrogens with zero attached hydrogens (tertiary/aromatic N) is 1. The van der Waals surface area contributed by atoms with Gasteiger partial charge in [0, 0.05) is 12.7 Å². The zero-order chi connectivity index (χ0) is 10.6. The Morgan fingerprint density at radius 1 is 1.29 bits per heavy atom. The van der Waals surface area contributed by atoms with Crippen LogP contribution in [0.2, 0.25) is 0 Å². The zero-order valence-corrected chi connectivity index (χ0v) is 8.64. The first-order chi connectivity index (χ1) is 6.69. The number of hydrogen-bond donors (Lipinski definition) is 2. The highest BCUT2D eigenvalue weighted by atomic mass is 16.3. The van der Waals surface area contributed by atoms with Crippen LogP contribution in [-0.2, 0) is 0 Å². The first kappa shape index (κ1) is 11.0. The smallest absolute Gasteiger partial charge is 0.0748 e. The van der Waals surface area contributed by atoms with E-state index in [0.717, 1.165) is 5.69 Å². The van der Waals surface area contributed by atoms with Gasteiger partial charge in [-0.1, -0.05) is 12.1 Å². The van der Waals surface area contributed by atoms with Crippen LogP contribution < -0.4 is 4.90 Å². The quantitative estimate of drug-likeness (QED) is 0.746. The molecule has 0 aliphatic heterocycles. The van der Waals surface area contributed by atoms with Gasteiger partial charge in [-0.25, -0.2) is 0 Å². The molecule has 0 unspecified atom stereocenters. The van der Waals surface area contributed by atoms with Crippen molar-refractivity contribution < 1.29 is 10.2 Å². The van der Waals surface area contributed by atoms with Gasteiger partial charge in [-0.2, -0.15) is 0 Å². The van der Waals surface area contributed by atoms with Gasteiger partial charge in [0.05, 0.1) is 19.3 Å². The van der Waals surface area contributed by atoms with Crippen molar-refractivity contribution in [2.45, 2.75) is 13.0 Å². The van der Waals surface area contributed by atoms with Crippen LogP contribution in [0, 0.1) is 6.92 Å². The molecule has 1 aromatic rings. The molecule has 0 saturated carbocycles. The van der Waals surface area contributed by atoms with Crippen LogP contribution in [0.15, 0.2) is 24.3 Å². The van der Waals surface area contributed by atoms with Gasteiger partial charge in [0.2, 0.25) is 0 Å². The largest absolute Gasteiger partial charge is 0.394 e. The molecule has 3 nitrogen and oxygen atoms in total. The van der Waals surface area contributed by atoms with Crippen LogP contribution in [0.5, 0.6) is 0 Å². The molecule has 2 N–H and O–H groups in total. The third-order valence-corrected chi connectivity index (χ3v) is 2.38. The summed E-state index contributed by atoms with van der Waals surface area (Å²) in [5, 5.41) is 18.1. The highest BCUT2D eigenvalue weighted by Gasteiger charge is 2.12. The van der Waals surface area contributed by atoms with Crippen molar-refractivity contribution in [1.82, 2.24) is 0 Å². The molecule has 0 bridgehead atoms. The number of aliphatic hydroxyl groups excluding tert-OH is 2. The minimum absolute atomic E-state index is 0.0407. The first-order valence-corrected chi connectivity index (χ1v) is 4.70. The summed E-state index contributed by atoms with van der Waals surface area (Å²) in [6, 6.07) is 7.75. The van der Waals surface area contributed by atoms with Crippen LogP contribution >= 0.6 is 0 Å². The molecular formula is C11H17NO2. The van der Waals surface area contributed by atoms with Crippen molar-refractivity contribution in [2.24, 2.45) is 0 Å². The summed E-state index contributed by atoms with van der Waals surface area (Å²) in [6.07, 6.45) is 0. The second-order valence-corrected chi connectivity index (χ2v) is 3.47. The summed E-state index contributed by atoms with van der Waals surface area (Å²) in [5.74, 6) is 0. The van der Waals surface area contributed by atoms with Gasteiger partial charge < -0.3 is 15.1 Å². The number of benzene rings is 1. The third kappa shape index (κ3) is 2.47. The maximum Gasteiger partial charge on any atom is 0.0748 e. The van der Waals surface area contributed by atoms with E-state index in [1.54, 1.807) is 0 Å². The number of anilines is 1. The predicted octanol–water partition coefficient (Wildman–Crippen LogP) is 0.784. The van der Waals surface area contributed by atoms with Crippen molar-refractivity contribution in [3.8, 4) is 0 Å². The average molecular weight is 195 g/mol. The SMILES string of the molecule is Cc1cccc(N(C)C(CO)CO)c1. The Bertz CT molecular complexity index is 284. The van der Waals surface area contributed by atoms with Crippen molar-refractivity contribution in [1.29, 1.82) is 0 Å². The van der Waals surface area contributed by atoms with E-state index >= 15 is 0 Å². The summed E-state index contributed by atoms with van der Waals surface area (Å²) in [5.41, 5.74) is 2.18. The average Bonchev–Trinajstić information content (AvgIpc) is 2.19. The monoisotopic (exact) mass is 195 g/mol. The Morgan fingerprint density at radius 2 is 1.93 bits per heavy atom.